The van der Waals surface area contributed by atoms with Crippen molar-refractivity contribution in [2.24, 2.45) is 11.8 Å². The zero-order valence-electron chi connectivity index (χ0n) is 35.8. The van der Waals surface area contributed by atoms with Crippen molar-refractivity contribution in [1.82, 2.24) is 0 Å². The number of hydrogen-bond donors (Lipinski definition) is 2. The van der Waals surface area contributed by atoms with Crippen molar-refractivity contribution in [2.75, 3.05) is 84.3 Å². The van der Waals surface area contributed by atoms with E-state index in [2.05, 4.69) is 12.1 Å². The van der Waals surface area contributed by atoms with Crippen LogP contribution in [0.5, 0.6) is 57.5 Å². The number of aryl methyl sites for hydroxylation is 2. The molecular formula is C46H62O12. The van der Waals surface area contributed by atoms with Gasteiger partial charge in [-0.1, -0.05) is 0 Å². The lowest BCUT2D eigenvalue weighted by Crippen LogP contribution is -2.24. The van der Waals surface area contributed by atoms with Crippen molar-refractivity contribution in [1.29, 1.82) is 0 Å². The topological polar surface area (TPSA) is 133 Å². The van der Waals surface area contributed by atoms with E-state index in [1.807, 2.05) is 36.4 Å². The molecule has 0 aliphatic carbocycles. The Morgan fingerprint density at radius 1 is 0.379 bits per heavy atom. The minimum Gasteiger partial charge on any atom is -0.496 e. The summed E-state index contributed by atoms with van der Waals surface area (Å²) in [4.78, 5) is 0. The van der Waals surface area contributed by atoms with Crippen molar-refractivity contribution in [3.63, 3.8) is 0 Å². The van der Waals surface area contributed by atoms with Crippen LogP contribution in [0, 0.1) is 11.8 Å². The number of benzene rings is 4. The van der Waals surface area contributed by atoms with E-state index in [4.69, 9.17) is 47.4 Å². The number of ether oxygens (including phenoxy) is 10. The van der Waals surface area contributed by atoms with E-state index in [1.54, 1.807) is 71.1 Å². The van der Waals surface area contributed by atoms with Crippen molar-refractivity contribution in [3.8, 4) is 57.5 Å². The Bertz CT molecular complexity index is 1810. The molecule has 0 saturated carbocycles. The van der Waals surface area contributed by atoms with Gasteiger partial charge in [-0.2, -0.15) is 0 Å². The van der Waals surface area contributed by atoms with Gasteiger partial charge in [-0.05, 0) is 134 Å². The highest BCUT2D eigenvalue weighted by atomic mass is 16.5. The van der Waals surface area contributed by atoms with Crippen LogP contribution < -0.4 is 47.4 Å². The Morgan fingerprint density at radius 2 is 0.690 bits per heavy atom. The Hall–Kier alpha value is -5.20. The van der Waals surface area contributed by atoms with Gasteiger partial charge in [0.15, 0.2) is 23.0 Å². The highest BCUT2D eigenvalue weighted by Crippen LogP contribution is 2.42. The Morgan fingerprint density at radius 3 is 0.966 bits per heavy atom. The van der Waals surface area contributed by atoms with Gasteiger partial charge < -0.3 is 57.6 Å². The molecule has 2 N–H and O–H groups in total. The lowest BCUT2D eigenvalue weighted by Gasteiger charge is -2.27. The first-order valence-corrected chi connectivity index (χ1v) is 19.5. The van der Waals surface area contributed by atoms with Gasteiger partial charge in [0.25, 0.3) is 0 Å². The van der Waals surface area contributed by atoms with Gasteiger partial charge in [0.05, 0.1) is 71.1 Å². The summed E-state index contributed by atoms with van der Waals surface area (Å²) in [5, 5.41) is 20.8. The van der Waals surface area contributed by atoms with Gasteiger partial charge in [0.1, 0.15) is 23.0 Å². The van der Waals surface area contributed by atoms with Crippen molar-refractivity contribution in [2.45, 2.75) is 51.4 Å². The van der Waals surface area contributed by atoms with Crippen LogP contribution in [0.2, 0.25) is 0 Å². The van der Waals surface area contributed by atoms with E-state index in [0.717, 1.165) is 51.3 Å². The van der Waals surface area contributed by atoms with Gasteiger partial charge in [-0.25, -0.2) is 0 Å². The molecule has 58 heavy (non-hydrogen) atoms. The molecule has 0 amide bonds. The van der Waals surface area contributed by atoms with Gasteiger partial charge in [-0.15, -0.1) is 0 Å². The lowest BCUT2D eigenvalue weighted by molar-refractivity contribution is 0.158. The van der Waals surface area contributed by atoms with Crippen LogP contribution in [-0.4, -0.2) is 94.5 Å². The normalized spacial score (nSPS) is 12.0. The zero-order chi connectivity index (χ0) is 42.2. The van der Waals surface area contributed by atoms with Crippen LogP contribution in [0.3, 0.4) is 0 Å². The monoisotopic (exact) mass is 806 g/mol. The van der Waals surface area contributed by atoms with E-state index >= 15 is 0 Å². The summed E-state index contributed by atoms with van der Waals surface area (Å²) in [5.41, 5.74) is 5.90. The van der Waals surface area contributed by atoms with Crippen LogP contribution in [0.25, 0.3) is 0 Å². The number of aliphatic hydroxyl groups excluding tert-OH is 2. The van der Waals surface area contributed by atoms with Crippen LogP contribution in [0.4, 0.5) is 0 Å². The summed E-state index contributed by atoms with van der Waals surface area (Å²) in [6.45, 7) is 0.0220. The molecule has 0 aliphatic heterocycles. The largest absolute Gasteiger partial charge is 0.496 e. The number of rotatable bonds is 25. The van der Waals surface area contributed by atoms with E-state index in [0.29, 0.717) is 90.9 Å². The van der Waals surface area contributed by atoms with E-state index in [-0.39, 0.29) is 25.0 Å². The molecule has 12 nitrogen and oxygen atoms in total. The molecule has 0 saturated heterocycles. The fourth-order valence-electron chi connectivity index (χ4n) is 7.75. The van der Waals surface area contributed by atoms with Crippen molar-refractivity contribution < 1.29 is 57.6 Å². The second-order valence-electron chi connectivity index (χ2n) is 14.0. The summed E-state index contributed by atoms with van der Waals surface area (Å²) in [5.74, 6) is 6.25. The third-order valence-corrected chi connectivity index (χ3v) is 10.7. The fourth-order valence-corrected chi connectivity index (χ4v) is 7.75. The predicted octanol–water partition coefficient (Wildman–Crippen LogP) is 7.13. The molecule has 4 aromatic carbocycles. The zero-order valence-corrected chi connectivity index (χ0v) is 35.8. The maximum atomic E-state index is 10.9. The molecule has 4 aromatic rings. The summed E-state index contributed by atoms with van der Waals surface area (Å²) in [6, 6.07) is 16.0. The van der Waals surface area contributed by atoms with E-state index < -0.39 is 0 Å². The summed E-state index contributed by atoms with van der Waals surface area (Å²) >= 11 is 0. The van der Waals surface area contributed by atoms with Gasteiger partial charge in [0.2, 0.25) is 11.5 Å². The predicted molar refractivity (Wildman–Crippen MR) is 224 cm³/mol. The standard InChI is InChI=1S/C46H62O12/c1-49-37-24-31(25-38(50-2)35(37)15-13-29-20-41(53-5)45(57-9)42(21-29)54-6)18-33(12-11-17-47)34(28-48)19-32-26-39(51-3)36(40(27-32)52-4)16-14-30-22-43(55-7)46(58-10)44(23-30)56-8/h20-27,33-34,47-48H,11-19,28H2,1-10H3/t33-,34+/m1/s1. The smallest absolute Gasteiger partial charge is 0.203 e. The van der Waals surface area contributed by atoms with Crippen LogP contribution in [0.15, 0.2) is 48.5 Å². The molecule has 0 heterocycles. The molecule has 0 fully saturated rings. The molecule has 4 rings (SSSR count). The van der Waals surface area contributed by atoms with Crippen LogP contribution >= 0.6 is 0 Å². The summed E-state index contributed by atoms with van der Waals surface area (Å²) in [6.07, 6.45) is 5.16. The third kappa shape index (κ3) is 11.0. The molecule has 0 spiro atoms. The Balaban J connectivity index is 1.58. The molecule has 2 atom stereocenters. The minimum atomic E-state index is -0.122. The number of hydrogen-bond acceptors (Lipinski definition) is 12. The summed E-state index contributed by atoms with van der Waals surface area (Å²) in [7, 11) is 16.2. The molecule has 0 radical (unpaired) electrons. The van der Waals surface area contributed by atoms with Crippen molar-refractivity contribution in [3.05, 3.63) is 81.9 Å². The van der Waals surface area contributed by atoms with Gasteiger partial charge in [0, 0.05) is 24.3 Å². The van der Waals surface area contributed by atoms with Gasteiger partial charge >= 0.3 is 0 Å². The van der Waals surface area contributed by atoms with Crippen LogP contribution in [0.1, 0.15) is 46.2 Å². The molecule has 0 unspecified atom stereocenters. The second-order valence-corrected chi connectivity index (χ2v) is 14.0. The molecule has 0 aliphatic rings. The molecule has 0 aromatic heterocycles. The molecule has 12 heteroatoms. The first kappa shape index (κ1) is 45.5. The average molecular weight is 807 g/mol. The average Bonchev–Trinajstić information content (AvgIpc) is 3.26. The molecular weight excluding hydrogens is 744 g/mol. The van der Waals surface area contributed by atoms with Crippen molar-refractivity contribution >= 4 is 0 Å². The van der Waals surface area contributed by atoms with E-state index in [1.165, 1.54) is 0 Å². The molecule has 318 valence electrons. The quantitative estimate of drug-likeness (QED) is 0.0707. The highest BCUT2D eigenvalue weighted by molar-refractivity contribution is 5.56. The van der Waals surface area contributed by atoms with Gasteiger partial charge in [-0.3, -0.25) is 0 Å². The second kappa shape index (κ2) is 22.7. The fraction of sp³-hybridized carbons (Fsp3) is 0.478. The van der Waals surface area contributed by atoms with E-state index in [9.17, 15) is 10.2 Å². The maximum absolute atomic E-state index is 10.9. The Labute approximate surface area is 343 Å². The molecule has 0 bridgehead atoms. The summed E-state index contributed by atoms with van der Waals surface area (Å²) < 4.78 is 57.0. The lowest BCUT2D eigenvalue weighted by atomic mass is 9.80. The minimum absolute atomic E-state index is 0.0355. The van der Waals surface area contributed by atoms with Crippen LogP contribution in [-0.2, 0) is 38.5 Å². The Kier molecular flexibility index (Phi) is 17.8. The first-order chi connectivity index (χ1) is 28.2. The number of aliphatic hydroxyl groups is 2. The maximum Gasteiger partial charge on any atom is 0.203 e. The third-order valence-electron chi connectivity index (χ3n) is 10.7. The highest BCUT2D eigenvalue weighted by Gasteiger charge is 2.25. The number of methoxy groups -OCH3 is 10. The SMILES string of the molecule is COc1cc(C[C@@H](CO)[C@H](CCCO)Cc2cc(OC)c(CCc3cc(OC)c(OC)c(OC)c3)c(OC)c2)cc(OC)c1CCc1cc(OC)c(OC)c(OC)c1. The first-order valence-electron chi connectivity index (χ1n) is 19.5.